The molecule has 1 N–H and O–H groups in total. The SMILES string of the molecule is c1ccc(C2CCO2)c(C2CCCNC2)c1. The molecule has 0 saturated carbocycles. The minimum Gasteiger partial charge on any atom is -0.373 e. The zero-order chi connectivity index (χ0) is 10.8. The summed E-state index contributed by atoms with van der Waals surface area (Å²) in [5, 5.41) is 3.49. The molecule has 2 fully saturated rings. The van der Waals surface area contributed by atoms with Crippen molar-refractivity contribution in [3.8, 4) is 0 Å². The Labute approximate surface area is 97.0 Å². The largest absolute Gasteiger partial charge is 0.373 e. The van der Waals surface area contributed by atoms with E-state index in [0.717, 1.165) is 13.2 Å². The average molecular weight is 217 g/mol. The number of rotatable bonds is 2. The molecule has 2 aliphatic heterocycles. The Morgan fingerprint density at radius 3 is 2.56 bits per heavy atom. The van der Waals surface area contributed by atoms with Gasteiger partial charge in [0.25, 0.3) is 0 Å². The monoisotopic (exact) mass is 217 g/mol. The summed E-state index contributed by atoms with van der Waals surface area (Å²) in [6.07, 6.45) is 4.18. The Morgan fingerprint density at radius 1 is 1.12 bits per heavy atom. The highest BCUT2D eigenvalue weighted by molar-refractivity contribution is 5.33. The van der Waals surface area contributed by atoms with Crippen LogP contribution in [-0.4, -0.2) is 19.7 Å². The van der Waals surface area contributed by atoms with Gasteiger partial charge < -0.3 is 10.1 Å². The van der Waals surface area contributed by atoms with Crippen LogP contribution in [0.25, 0.3) is 0 Å². The van der Waals surface area contributed by atoms with Crippen LogP contribution < -0.4 is 5.32 Å². The Morgan fingerprint density at radius 2 is 1.94 bits per heavy atom. The third-order valence-corrected chi connectivity index (χ3v) is 3.78. The summed E-state index contributed by atoms with van der Waals surface area (Å²) in [5.41, 5.74) is 2.95. The van der Waals surface area contributed by atoms with Gasteiger partial charge in [0.15, 0.2) is 0 Å². The van der Waals surface area contributed by atoms with Crippen molar-refractivity contribution in [1.82, 2.24) is 5.32 Å². The highest BCUT2D eigenvalue weighted by atomic mass is 16.5. The first-order chi connectivity index (χ1) is 7.95. The molecule has 2 nitrogen and oxygen atoms in total. The molecule has 0 aromatic heterocycles. The molecule has 2 atom stereocenters. The number of piperidine rings is 1. The summed E-state index contributed by atoms with van der Waals surface area (Å²) in [4.78, 5) is 0. The first-order valence-corrected chi connectivity index (χ1v) is 6.36. The molecule has 0 amide bonds. The molecular formula is C14H19NO. The molecule has 2 heterocycles. The zero-order valence-electron chi connectivity index (χ0n) is 9.61. The molecule has 0 aliphatic carbocycles. The number of benzene rings is 1. The van der Waals surface area contributed by atoms with Gasteiger partial charge in [-0.25, -0.2) is 0 Å². The molecule has 1 aromatic carbocycles. The van der Waals surface area contributed by atoms with E-state index in [2.05, 4.69) is 29.6 Å². The molecule has 2 unspecified atom stereocenters. The lowest BCUT2D eigenvalue weighted by Crippen LogP contribution is -2.30. The molecule has 2 aliphatic rings. The van der Waals surface area contributed by atoms with Crippen LogP contribution in [0.15, 0.2) is 24.3 Å². The average Bonchev–Trinajstić information content (AvgIpc) is 2.29. The van der Waals surface area contributed by atoms with E-state index in [0.29, 0.717) is 12.0 Å². The van der Waals surface area contributed by atoms with E-state index >= 15 is 0 Å². The maximum absolute atomic E-state index is 5.63. The minimum atomic E-state index is 0.373. The van der Waals surface area contributed by atoms with Crippen LogP contribution in [0.2, 0.25) is 0 Å². The van der Waals surface area contributed by atoms with Gasteiger partial charge in [-0.2, -0.15) is 0 Å². The maximum atomic E-state index is 5.63. The molecule has 1 aromatic rings. The summed E-state index contributed by atoms with van der Waals surface area (Å²) in [6, 6.07) is 8.82. The molecule has 86 valence electrons. The Kier molecular flexibility index (Phi) is 2.94. The fourth-order valence-corrected chi connectivity index (χ4v) is 2.77. The smallest absolute Gasteiger partial charge is 0.0849 e. The fraction of sp³-hybridized carbons (Fsp3) is 0.571. The van der Waals surface area contributed by atoms with Crippen LogP contribution in [0, 0.1) is 0 Å². The van der Waals surface area contributed by atoms with E-state index < -0.39 is 0 Å². The van der Waals surface area contributed by atoms with Gasteiger partial charge in [0.1, 0.15) is 0 Å². The van der Waals surface area contributed by atoms with Gasteiger partial charge >= 0.3 is 0 Å². The van der Waals surface area contributed by atoms with Crippen LogP contribution >= 0.6 is 0 Å². The van der Waals surface area contributed by atoms with E-state index in [1.54, 1.807) is 0 Å². The summed E-state index contributed by atoms with van der Waals surface area (Å²) < 4.78 is 5.63. The molecule has 0 radical (unpaired) electrons. The Balaban J connectivity index is 1.86. The second-order valence-corrected chi connectivity index (χ2v) is 4.82. The first kappa shape index (κ1) is 10.3. The lowest BCUT2D eigenvalue weighted by molar-refractivity contribution is -0.0534. The molecule has 16 heavy (non-hydrogen) atoms. The van der Waals surface area contributed by atoms with Crippen molar-refractivity contribution in [2.24, 2.45) is 0 Å². The van der Waals surface area contributed by atoms with Crippen molar-refractivity contribution >= 4 is 0 Å². The van der Waals surface area contributed by atoms with Crippen LogP contribution in [-0.2, 0) is 4.74 Å². The van der Waals surface area contributed by atoms with Crippen LogP contribution in [0.3, 0.4) is 0 Å². The molecular weight excluding hydrogens is 198 g/mol. The predicted molar refractivity (Wildman–Crippen MR) is 64.6 cm³/mol. The summed E-state index contributed by atoms with van der Waals surface area (Å²) in [6.45, 7) is 3.24. The predicted octanol–water partition coefficient (Wildman–Crippen LogP) is 2.62. The van der Waals surface area contributed by atoms with Gasteiger partial charge in [0.05, 0.1) is 12.7 Å². The van der Waals surface area contributed by atoms with E-state index in [1.807, 2.05) is 0 Å². The van der Waals surface area contributed by atoms with E-state index in [4.69, 9.17) is 4.74 Å². The number of ether oxygens (including phenoxy) is 1. The van der Waals surface area contributed by atoms with E-state index in [9.17, 15) is 0 Å². The van der Waals surface area contributed by atoms with Gasteiger partial charge in [-0.3, -0.25) is 0 Å². The van der Waals surface area contributed by atoms with Crippen molar-refractivity contribution in [3.05, 3.63) is 35.4 Å². The number of hydrogen-bond acceptors (Lipinski definition) is 2. The third-order valence-electron chi connectivity index (χ3n) is 3.78. The fourth-order valence-electron chi connectivity index (χ4n) is 2.77. The number of hydrogen-bond donors (Lipinski definition) is 1. The normalized spacial score (nSPS) is 29.8. The van der Waals surface area contributed by atoms with Crippen LogP contribution in [0.5, 0.6) is 0 Å². The van der Waals surface area contributed by atoms with Gasteiger partial charge in [-0.15, -0.1) is 0 Å². The van der Waals surface area contributed by atoms with Gasteiger partial charge in [0.2, 0.25) is 0 Å². The topological polar surface area (TPSA) is 21.3 Å². The lowest BCUT2D eigenvalue weighted by atomic mass is 9.85. The summed E-state index contributed by atoms with van der Waals surface area (Å²) >= 11 is 0. The molecule has 3 rings (SSSR count). The van der Waals surface area contributed by atoms with Crippen molar-refractivity contribution in [3.63, 3.8) is 0 Å². The van der Waals surface area contributed by atoms with Gasteiger partial charge in [-0.05, 0) is 36.4 Å². The highest BCUT2D eigenvalue weighted by Crippen LogP contribution is 2.36. The lowest BCUT2D eigenvalue weighted by Gasteiger charge is -2.32. The number of nitrogens with one attached hydrogen (secondary N) is 1. The van der Waals surface area contributed by atoms with Gasteiger partial charge in [0, 0.05) is 13.0 Å². The second kappa shape index (κ2) is 4.56. The zero-order valence-corrected chi connectivity index (χ0v) is 9.61. The van der Waals surface area contributed by atoms with Crippen molar-refractivity contribution in [1.29, 1.82) is 0 Å². The van der Waals surface area contributed by atoms with Crippen LogP contribution in [0.1, 0.15) is 42.4 Å². The van der Waals surface area contributed by atoms with Gasteiger partial charge in [-0.1, -0.05) is 24.3 Å². The van der Waals surface area contributed by atoms with Crippen molar-refractivity contribution in [2.45, 2.75) is 31.3 Å². The van der Waals surface area contributed by atoms with Crippen molar-refractivity contribution in [2.75, 3.05) is 19.7 Å². The quantitative estimate of drug-likeness (QED) is 0.822. The first-order valence-electron chi connectivity index (χ1n) is 6.36. The summed E-state index contributed by atoms with van der Waals surface area (Å²) in [7, 11) is 0. The van der Waals surface area contributed by atoms with E-state index in [1.165, 1.54) is 36.9 Å². The third kappa shape index (κ3) is 1.87. The maximum Gasteiger partial charge on any atom is 0.0849 e. The van der Waals surface area contributed by atoms with Crippen LogP contribution in [0.4, 0.5) is 0 Å². The Hall–Kier alpha value is -0.860. The molecule has 0 bridgehead atoms. The van der Waals surface area contributed by atoms with Crippen molar-refractivity contribution < 1.29 is 4.74 Å². The second-order valence-electron chi connectivity index (χ2n) is 4.82. The molecule has 2 saturated heterocycles. The van der Waals surface area contributed by atoms with E-state index in [-0.39, 0.29) is 0 Å². The highest BCUT2D eigenvalue weighted by Gasteiger charge is 2.26. The summed E-state index contributed by atoms with van der Waals surface area (Å²) in [5.74, 6) is 0.689. The molecule has 2 heteroatoms. The standard InChI is InChI=1S/C14H19NO/c1-2-6-13(14-7-9-16-14)12(5-1)11-4-3-8-15-10-11/h1-2,5-6,11,14-15H,3-4,7-10H2. The Bertz CT molecular complexity index is 354. The minimum absolute atomic E-state index is 0.373. The molecule has 0 spiro atoms.